The molecule has 1 aromatic rings. The highest BCUT2D eigenvalue weighted by Crippen LogP contribution is 2.25. The minimum atomic E-state index is -0.234. The SMILES string of the molecule is CN(Cc1cnc(Cl)cc1Cl)C1CCCCC1O. The Hall–Kier alpha value is -0.350. The van der Waals surface area contributed by atoms with Crippen LogP contribution in [0.25, 0.3) is 0 Å². The highest BCUT2D eigenvalue weighted by atomic mass is 35.5. The summed E-state index contributed by atoms with van der Waals surface area (Å²) in [4.78, 5) is 6.20. The molecule has 0 amide bonds. The minimum Gasteiger partial charge on any atom is -0.391 e. The number of aliphatic hydroxyl groups excluding tert-OH is 1. The Kier molecular flexibility index (Phi) is 4.84. The van der Waals surface area contributed by atoms with Crippen molar-refractivity contribution in [3.05, 3.63) is 28.0 Å². The maximum atomic E-state index is 10.0. The summed E-state index contributed by atoms with van der Waals surface area (Å²) in [5.74, 6) is 0. The van der Waals surface area contributed by atoms with Gasteiger partial charge in [-0.25, -0.2) is 4.98 Å². The van der Waals surface area contributed by atoms with Crippen molar-refractivity contribution in [2.45, 2.75) is 44.4 Å². The van der Waals surface area contributed by atoms with E-state index in [2.05, 4.69) is 9.88 Å². The highest BCUT2D eigenvalue weighted by Gasteiger charge is 2.26. The molecule has 0 aromatic carbocycles. The largest absolute Gasteiger partial charge is 0.391 e. The van der Waals surface area contributed by atoms with Crippen molar-refractivity contribution in [1.29, 1.82) is 0 Å². The molecule has 5 heteroatoms. The molecule has 0 aliphatic heterocycles. The molecule has 1 saturated carbocycles. The number of nitrogens with zero attached hydrogens (tertiary/aromatic N) is 2. The standard InChI is InChI=1S/C13H18Cl2N2O/c1-17(11-4-2-3-5-12(11)18)8-9-7-16-13(15)6-10(9)14/h6-7,11-12,18H,2-5,8H2,1H3. The molecule has 1 aliphatic rings. The zero-order valence-electron chi connectivity index (χ0n) is 10.4. The van der Waals surface area contributed by atoms with Gasteiger partial charge in [0.15, 0.2) is 0 Å². The molecule has 0 radical (unpaired) electrons. The normalized spacial score (nSPS) is 24.5. The predicted octanol–water partition coefficient (Wildman–Crippen LogP) is 3.12. The molecule has 1 fully saturated rings. The van der Waals surface area contributed by atoms with E-state index in [0.29, 0.717) is 16.7 Å². The van der Waals surface area contributed by atoms with E-state index in [1.54, 1.807) is 12.3 Å². The Morgan fingerprint density at radius 1 is 1.39 bits per heavy atom. The summed E-state index contributed by atoms with van der Waals surface area (Å²) < 4.78 is 0. The molecule has 100 valence electrons. The lowest BCUT2D eigenvalue weighted by Crippen LogP contribution is -2.42. The van der Waals surface area contributed by atoms with E-state index in [1.165, 1.54) is 6.42 Å². The first-order valence-corrected chi connectivity index (χ1v) is 7.01. The Bertz CT molecular complexity index is 414. The molecule has 1 heterocycles. The Balaban J connectivity index is 2.03. The van der Waals surface area contributed by atoms with Crippen molar-refractivity contribution in [2.24, 2.45) is 0 Å². The van der Waals surface area contributed by atoms with Crippen LogP contribution in [0.4, 0.5) is 0 Å². The summed E-state index contributed by atoms with van der Waals surface area (Å²) in [5, 5.41) is 11.1. The van der Waals surface area contributed by atoms with Crippen molar-refractivity contribution in [1.82, 2.24) is 9.88 Å². The molecule has 1 aromatic heterocycles. The molecular formula is C13H18Cl2N2O. The number of likely N-dealkylation sites (N-methyl/N-ethyl adjacent to an activating group) is 1. The Morgan fingerprint density at radius 2 is 2.11 bits per heavy atom. The van der Waals surface area contributed by atoms with Crippen LogP contribution >= 0.6 is 23.2 Å². The summed E-state index contributed by atoms with van der Waals surface area (Å²) in [6.45, 7) is 0.685. The van der Waals surface area contributed by atoms with E-state index in [-0.39, 0.29) is 12.1 Å². The highest BCUT2D eigenvalue weighted by molar-refractivity contribution is 6.34. The summed E-state index contributed by atoms with van der Waals surface area (Å²) in [7, 11) is 2.02. The summed E-state index contributed by atoms with van der Waals surface area (Å²) in [6.07, 6.45) is 5.70. The second-order valence-corrected chi connectivity index (χ2v) is 5.73. The van der Waals surface area contributed by atoms with Crippen LogP contribution in [0, 0.1) is 0 Å². The zero-order chi connectivity index (χ0) is 13.1. The van der Waals surface area contributed by atoms with Crippen molar-refractivity contribution in [3.8, 4) is 0 Å². The first-order valence-electron chi connectivity index (χ1n) is 6.26. The van der Waals surface area contributed by atoms with Gasteiger partial charge in [0.25, 0.3) is 0 Å². The van der Waals surface area contributed by atoms with Gasteiger partial charge in [-0.05, 0) is 26.0 Å². The van der Waals surface area contributed by atoms with Crippen molar-refractivity contribution >= 4 is 23.2 Å². The van der Waals surface area contributed by atoms with Crippen LogP contribution in [-0.2, 0) is 6.54 Å². The van der Waals surface area contributed by atoms with E-state index in [4.69, 9.17) is 23.2 Å². The predicted molar refractivity (Wildman–Crippen MR) is 74.0 cm³/mol. The topological polar surface area (TPSA) is 36.4 Å². The van der Waals surface area contributed by atoms with Crippen LogP contribution in [0.1, 0.15) is 31.2 Å². The van der Waals surface area contributed by atoms with E-state index in [0.717, 1.165) is 24.8 Å². The molecule has 0 saturated heterocycles. The van der Waals surface area contributed by atoms with Gasteiger partial charge in [-0.3, -0.25) is 4.90 Å². The third kappa shape index (κ3) is 3.35. The van der Waals surface area contributed by atoms with Gasteiger partial charge >= 0.3 is 0 Å². The molecule has 3 nitrogen and oxygen atoms in total. The lowest BCUT2D eigenvalue weighted by Gasteiger charge is -2.35. The molecule has 2 atom stereocenters. The number of rotatable bonds is 3. The van der Waals surface area contributed by atoms with Gasteiger partial charge < -0.3 is 5.11 Å². The number of aliphatic hydroxyl groups is 1. The molecule has 1 aliphatic carbocycles. The van der Waals surface area contributed by atoms with Gasteiger partial charge in [-0.1, -0.05) is 36.0 Å². The Labute approximate surface area is 118 Å². The maximum absolute atomic E-state index is 10.0. The fourth-order valence-electron chi connectivity index (χ4n) is 2.54. The minimum absolute atomic E-state index is 0.213. The number of hydrogen-bond donors (Lipinski definition) is 1. The van der Waals surface area contributed by atoms with Gasteiger partial charge in [0.1, 0.15) is 5.15 Å². The monoisotopic (exact) mass is 288 g/mol. The molecular weight excluding hydrogens is 271 g/mol. The molecule has 18 heavy (non-hydrogen) atoms. The third-order valence-electron chi connectivity index (χ3n) is 3.58. The van der Waals surface area contributed by atoms with E-state index in [9.17, 15) is 5.11 Å². The number of hydrogen-bond acceptors (Lipinski definition) is 3. The quantitative estimate of drug-likeness (QED) is 0.869. The van der Waals surface area contributed by atoms with E-state index in [1.807, 2.05) is 7.05 Å². The van der Waals surface area contributed by atoms with Crippen molar-refractivity contribution in [3.63, 3.8) is 0 Å². The van der Waals surface area contributed by atoms with Crippen molar-refractivity contribution < 1.29 is 5.11 Å². The maximum Gasteiger partial charge on any atom is 0.130 e. The van der Waals surface area contributed by atoms with Crippen LogP contribution in [-0.4, -0.2) is 34.2 Å². The molecule has 2 rings (SSSR count). The van der Waals surface area contributed by atoms with Crippen molar-refractivity contribution in [2.75, 3.05) is 7.05 Å². The first-order chi connectivity index (χ1) is 8.58. The third-order valence-corrected chi connectivity index (χ3v) is 4.13. The molecule has 0 bridgehead atoms. The number of pyridine rings is 1. The van der Waals surface area contributed by atoms with Gasteiger partial charge in [0.2, 0.25) is 0 Å². The smallest absolute Gasteiger partial charge is 0.130 e. The Morgan fingerprint density at radius 3 is 2.78 bits per heavy atom. The second kappa shape index (κ2) is 6.20. The van der Waals surface area contributed by atoms with Crippen LogP contribution in [0.15, 0.2) is 12.3 Å². The number of halogens is 2. The van der Waals surface area contributed by atoms with Gasteiger partial charge in [-0.15, -0.1) is 0 Å². The average Bonchev–Trinajstić information content (AvgIpc) is 2.33. The van der Waals surface area contributed by atoms with Crippen LogP contribution in [0.3, 0.4) is 0 Å². The fraction of sp³-hybridized carbons (Fsp3) is 0.615. The second-order valence-electron chi connectivity index (χ2n) is 4.93. The van der Waals surface area contributed by atoms with Gasteiger partial charge in [-0.2, -0.15) is 0 Å². The van der Waals surface area contributed by atoms with Crippen LogP contribution < -0.4 is 0 Å². The summed E-state index contributed by atoms with van der Waals surface area (Å²) >= 11 is 11.9. The average molecular weight is 289 g/mol. The van der Waals surface area contributed by atoms with E-state index >= 15 is 0 Å². The first kappa shape index (κ1) is 14.1. The lowest BCUT2D eigenvalue weighted by atomic mass is 9.91. The molecule has 0 spiro atoms. The number of aromatic nitrogens is 1. The summed E-state index contributed by atoms with van der Waals surface area (Å²) in [6, 6.07) is 1.87. The molecule has 1 N–H and O–H groups in total. The van der Waals surface area contributed by atoms with Gasteiger partial charge in [0.05, 0.1) is 6.10 Å². The lowest BCUT2D eigenvalue weighted by molar-refractivity contribution is 0.0288. The van der Waals surface area contributed by atoms with E-state index < -0.39 is 0 Å². The summed E-state index contributed by atoms with van der Waals surface area (Å²) in [5.41, 5.74) is 0.946. The van der Waals surface area contributed by atoms with Gasteiger partial charge in [0, 0.05) is 29.4 Å². The molecule has 2 unspecified atom stereocenters. The zero-order valence-corrected chi connectivity index (χ0v) is 12.0. The fourth-order valence-corrected chi connectivity index (χ4v) is 2.97. The van der Waals surface area contributed by atoms with Crippen LogP contribution in [0.2, 0.25) is 10.2 Å². The van der Waals surface area contributed by atoms with Crippen LogP contribution in [0.5, 0.6) is 0 Å².